The average molecular weight is 515 g/mol. The molecule has 0 atom stereocenters. The van der Waals surface area contributed by atoms with Gasteiger partial charge in [-0.2, -0.15) is 5.26 Å². The topological polar surface area (TPSA) is 85.5 Å². The van der Waals surface area contributed by atoms with Crippen LogP contribution in [-0.2, 0) is 16.1 Å². The molecule has 2 saturated heterocycles. The molecule has 2 fully saturated rings. The van der Waals surface area contributed by atoms with E-state index < -0.39 is 23.1 Å². The van der Waals surface area contributed by atoms with E-state index in [4.69, 9.17) is 0 Å². The van der Waals surface area contributed by atoms with Crippen LogP contribution in [-0.4, -0.2) is 70.4 Å². The predicted molar refractivity (Wildman–Crippen MR) is 137 cm³/mol. The fourth-order valence-corrected chi connectivity index (χ4v) is 5.54. The molecule has 1 aromatic heterocycles. The summed E-state index contributed by atoms with van der Waals surface area (Å²) >= 11 is 0. The van der Waals surface area contributed by atoms with E-state index >= 15 is 4.39 Å². The third-order valence-corrected chi connectivity index (χ3v) is 7.80. The number of hydrogen-bond donors (Lipinski definition) is 0. The van der Waals surface area contributed by atoms with Gasteiger partial charge in [-0.3, -0.25) is 9.59 Å². The zero-order valence-electron chi connectivity index (χ0n) is 22.0. The minimum atomic E-state index is -0.892. The highest BCUT2D eigenvalue weighted by atomic mass is 19.1. The van der Waals surface area contributed by atoms with Crippen LogP contribution >= 0.6 is 0 Å². The third-order valence-electron chi connectivity index (χ3n) is 7.80. The number of hydrogen-bond acceptors (Lipinski definition) is 6. The maximum atomic E-state index is 15.2. The van der Waals surface area contributed by atoms with Crippen molar-refractivity contribution in [2.24, 2.45) is 5.92 Å². The number of aromatic nitrogens is 2. The van der Waals surface area contributed by atoms with Gasteiger partial charge in [0, 0.05) is 24.9 Å². The van der Waals surface area contributed by atoms with Crippen molar-refractivity contribution in [1.29, 1.82) is 5.26 Å². The van der Waals surface area contributed by atoms with Gasteiger partial charge in [0.05, 0.1) is 5.56 Å². The lowest BCUT2D eigenvalue weighted by atomic mass is 9.92. The number of amides is 2. The monoisotopic (exact) mass is 514 g/mol. The number of carbonyl (C=O) groups is 2. The second-order valence-electron chi connectivity index (χ2n) is 10.2. The largest absolute Gasteiger partial charge is 0.307 e. The first-order valence-corrected chi connectivity index (χ1v) is 13.4. The van der Waals surface area contributed by atoms with Crippen molar-refractivity contribution in [3.05, 3.63) is 23.3 Å². The van der Waals surface area contributed by atoms with Gasteiger partial charge in [0.15, 0.2) is 11.6 Å². The van der Waals surface area contributed by atoms with E-state index in [1.54, 1.807) is 13.0 Å². The fourth-order valence-electron chi connectivity index (χ4n) is 5.54. The molecule has 0 bridgehead atoms. The van der Waals surface area contributed by atoms with Gasteiger partial charge in [-0.05, 0) is 71.4 Å². The molecular formula is C27H36F2N6O2. The Bertz CT molecular complexity index is 1190. The van der Waals surface area contributed by atoms with Crippen molar-refractivity contribution in [2.75, 3.05) is 38.1 Å². The Kier molecular flexibility index (Phi) is 8.55. The van der Waals surface area contributed by atoms with Gasteiger partial charge in [0.2, 0.25) is 17.8 Å². The Morgan fingerprint density at radius 3 is 2.41 bits per heavy atom. The van der Waals surface area contributed by atoms with Crippen LogP contribution < -0.4 is 4.90 Å². The number of anilines is 1. The summed E-state index contributed by atoms with van der Waals surface area (Å²) in [6.07, 6.45) is 4.87. The molecule has 0 N–H and O–H groups in total. The molecule has 10 heteroatoms. The van der Waals surface area contributed by atoms with E-state index in [1.807, 2.05) is 6.92 Å². The van der Waals surface area contributed by atoms with Gasteiger partial charge in [-0.25, -0.2) is 18.7 Å². The smallest absolute Gasteiger partial charge is 0.239 e. The van der Waals surface area contributed by atoms with Crippen molar-refractivity contribution < 1.29 is 18.4 Å². The summed E-state index contributed by atoms with van der Waals surface area (Å²) in [5.74, 6) is -3.02. The fraction of sp³-hybridized carbons (Fsp3) is 0.630. The molecular weight excluding hydrogens is 478 g/mol. The van der Waals surface area contributed by atoms with Crippen molar-refractivity contribution in [2.45, 2.75) is 71.4 Å². The van der Waals surface area contributed by atoms with Crippen molar-refractivity contribution in [1.82, 2.24) is 19.4 Å². The number of halogens is 2. The Labute approximate surface area is 216 Å². The molecule has 2 aliphatic heterocycles. The zero-order chi connectivity index (χ0) is 26.7. The van der Waals surface area contributed by atoms with Gasteiger partial charge >= 0.3 is 0 Å². The number of aryl methyl sites for hydroxylation is 1. The van der Waals surface area contributed by atoms with Gasteiger partial charge in [0.1, 0.15) is 17.1 Å². The zero-order valence-corrected chi connectivity index (χ0v) is 22.0. The maximum Gasteiger partial charge on any atom is 0.239 e. The second kappa shape index (κ2) is 11.7. The molecule has 0 radical (unpaired) electrons. The first-order valence-electron chi connectivity index (χ1n) is 13.4. The Hall–Kier alpha value is -2.90. The van der Waals surface area contributed by atoms with E-state index in [2.05, 4.69) is 21.8 Å². The lowest BCUT2D eigenvalue weighted by Gasteiger charge is -2.41. The van der Waals surface area contributed by atoms with Crippen LogP contribution in [0.5, 0.6) is 0 Å². The first-order chi connectivity index (χ1) is 17.8. The van der Waals surface area contributed by atoms with E-state index in [1.165, 1.54) is 4.57 Å². The van der Waals surface area contributed by atoms with Crippen LogP contribution in [0.4, 0.5) is 14.7 Å². The summed E-state index contributed by atoms with van der Waals surface area (Å²) in [6.45, 7) is 7.53. The predicted octanol–water partition coefficient (Wildman–Crippen LogP) is 4.06. The van der Waals surface area contributed by atoms with Gasteiger partial charge in [-0.15, -0.1) is 0 Å². The highest BCUT2D eigenvalue weighted by Crippen LogP contribution is 2.32. The Morgan fingerprint density at radius 1 is 1.14 bits per heavy atom. The number of rotatable bonds is 7. The lowest BCUT2D eigenvalue weighted by molar-refractivity contribution is -0.130. The van der Waals surface area contributed by atoms with Crippen LogP contribution in [0.1, 0.15) is 64.4 Å². The minimum absolute atomic E-state index is 0.0472. The number of benzene rings is 1. The number of piperidine rings is 2. The first kappa shape index (κ1) is 27.1. The molecule has 0 aliphatic carbocycles. The summed E-state index contributed by atoms with van der Waals surface area (Å²) in [5.41, 5.74) is -0.893. The van der Waals surface area contributed by atoms with Crippen molar-refractivity contribution in [3.63, 3.8) is 0 Å². The highest BCUT2D eigenvalue weighted by Gasteiger charge is 2.37. The molecule has 4 rings (SSSR count). The molecule has 37 heavy (non-hydrogen) atoms. The van der Waals surface area contributed by atoms with Crippen LogP contribution in [0, 0.1) is 28.9 Å². The summed E-state index contributed by atoms with van der Waals surface area (Å²) in [6, 6.07) is 3.00. The number of imide groups is 1. The van der Waals surface area contributed by atoms with Crippen LogP contribution in [0.3, 0.4) is 0 Å². The maximum absolute atomic E-state index is 15.2. The van der Waals surface area contributed by atoms with Crippen LogP contribution in [0.25, 0.3) is 11.0 Å². The summed E-state index contributed by atoms with van der Waals surface area (Å²) < 4.78 is 31.5. The molecule has 0 saturated carbocycles. The Balaban J connectivity index is 1.66. The Morgan fingerprint density at radius 2 is 1.81 bits per heavy atom. The third kappa shape index (κ3) is 5.39. The van der Waals surface area contributed by atoms with Crippen LogP contribution in [0.2, 0.25) is 0 Å². The summed E-state index contributed by atoms with van der Waals surface area (Å²) in [5, 5.41) is 9.29. The summed E-state index contributed by atoms with van der Waals surface area (Å²) in [4.78, 5) is 37.0. The van der Waals surface area contributed by atoms with Crippen molar-refractivity contribution in [3.8, 4) is 6.07 Å². The second-order valence-corrected chi connectivity index (χ2v) is 10.2. The van der Waals surface area contributed by atoms with Gasteiger partial charge < -0.3 is 14.4 Å². The molecule has 8 nitrogen and oxygen atoms in total. The lowest BCUT2D eigenvalue weighted by Crippen LogP contribution is -2.50. The molecule has 0 unspecified atom stereocenters. The number of nitriles is 1. The van der Waals surface area contributed by atoms with Gasteiger partial charge in [-0.1, -0.05) is 20.3 Å². The molecule has 2 aliphatic rings. The number of nitrogens with zero attached hydrogens (tertiary/aromatic N) is 6. The van der Waals surface area contributed by atoms with Gasteiger partial charge in [0.25, 0.3) is 0 Å². The van der Waals surface area contributed by atoms with E-state index in [9.17, 15) is 19.2 Å². The number of likely N-dealkylation sites (tertiary alicyclic amines) is 2. The number of unbranched alkanes of at least 4 members (excludes halogenated alkanes) is 1. The molecule has 0 spiro atoms. The van der Waals surface area contributed by atoms with E-state index in [-0.39, 0.29) is 41.8 Å². The molecule has 200 valence electrons. The number of fused-ring (bicyclic) bond motifs is 1. The van der Waals surface area contributed by atoms with Crippen LogP contribution in [0.15, 0.2) is 6.07 Å². The van der Waals surface area contributed by atoms with E-state index in [0.29, 0.717) is 25.3 Å². The quantitative estimate of drug-likeness (QED) is 0.554. The number of carbonyl (C=O) groups excluding carboxylic acids is 2. The molecule has 3 heterocycles. The molecule has 2 amide bonds. The highest BCUT2D eigenvalue weighted by molar-refractivity contribution is 6.15. The van der Waals surface area contributed by atoms with E-state index in [0.717, 1.165) is 56.4 Å². The summed E-state index contributed by atoms with van der Waals surface area (Å²) in [7, 11) is 2.13. The van der Waals surface area contributed by atoms with Crippen molar-refractivity contribution >= 4 is 28.8 Å². The SMILES string of the molecule is CCCCn1c(N(C(=O)CC)C(=O)C2CCN(C3CCN(C)CC3)CC2)nc2c(F)cc(C#N)c(F)c21. The standard InChI is InChI=1S/C27H36F2N6O2/c1-4-6-11-34-25-23(29)19(17-30)16-21(28)24(25)31-27(34)35(22(36)5-2)26(37)18-7-14-33(15-8-18)20-9-12-32(3)13-10-20/h16,18,20H,4-15H2,1-3H3. The normalized spacial score (nSPS) is 18.3. The molecule has 1 aromatic carbocycles. The average Bonchev–Trinajstić information content (AvgIpc) is 3.29. The minimum Gasteiger partial charge on any atom is -0.307 e. The molecule has 2 aromatic rings. The number of imidazole rings is 1.